The molecule has 3 fully saturated rings. The van der Waals surface area contributed by atoms with Gasteiger partial charge in [0.25, 0.3) is 0 Å². The van der Waals surface area contributed by atoms with Gasteiger partial charge in [0.1, 0.15) is 4.60 Å². The molecule has 0 amide bonds. The molecule has 0 aromatic carbocycles. The lowest BCUT2D eigenvalue weighted by Crippen LogP contribution is -2.50. The summed E-state index contributed by atoms with van der Waals surface area (Å²) in [5.74, 6) is 0.691. The molecular formula is C23H27BrN6O. The van der Waals surface area contributed by atoms with Crippen molar-refractivity contribution in [2.75, 3.05) is 36.4 Å². The molecule has 8 heteroatoms. The molecule has 3 aromatic rings. The van der Waals surface area contributed by atoms with Crippen LogP contribution < -0.4 is 10.2 Å². The molecule has 1 saturated carbocycles. The summed E-state index contributed by atoms with van der Waals surface area (Å²) in [6, 6.07) is 6.75. The molecule has 162 valence electrons. The second-order valence-electron chi connectivity index (χ2n) is 9.10. The number of nitrogens with zero attached hydrogens (tertiary/aromatic N) is 5. The number of aromatic nitrogens is 3. The maximum Gasteiger partial charge on any atom is 0.160 e. The summed E-state index contributed by atoms with van der Waals surface area (Å²) in [5.41, 5.74) is 5.74. The molecule has 0 spiro atoms. The van der Waals surface area contributed by atoms with Crippen LogP contribution >= 0.6 is 15.9 Å². The largest absolute Gasteiger partial charge is 0.392 e. The first-order valence-corrected chi connectivity index (χ1v) is 12.0. The highest BCUT2D eigenvalue weighted by Crippen LogP contribution is 2.42. The average Bonchev–Trinajstić information content (AvgIpc) is 3.42. The number of piperazine rings is 1. The van der Waals surface area contributed by atoms with Crippen molar-refractivity contribution in [1.82, 2.24) is 19.3 Å². The van der Waals surface area contributed by atoms with E-state index in [1.165, 1.54) is 24.1 Å². The number of aliphatic hydroxyl groups excluding tert-OH is 1. The molecule has 31 heavy (non-hydrogen) atoms. The van der Waals surface area contributed by atoms with Gasteiger partial charge in [-0.25, -0.2) is 9.97 Å². The fourth-order valence-corrected chi connectivity index (χ4v) is 5.42. The van der Waals surface area contributed by atoms with Crippen LogP contribution in [-0.2, 0) is 6.54 Å². The smallest absolute Gasteiger partial charge is 0.160 e. The van der Waals surface area contributed by atoms with Gasteiger partial charge in [-0.2, -0.15) is 0 Å². The number of anilines is 2. The van der Waals surface area contributed by atoms with Gasteiger partial charge in [-0.3, -0.25) is 4.90 Å². The SMILES string of the molecule is OC1CC2CN(c3cc(C4CC4)cn4cc(CNc5ccnc(Br)c5)nc34)CCN2C1. The minimum atomic E-state index is -0.180. The summed E-state index contributed by atoms with van der Waals surface area (Å²) in [7, 11) is 0. The molecule has 1 aliphatic carbocycles. The van der Waals surface area contributed by atoms with E-state index in [2.05, 4.69) is 58.9 Å². The first-order valence-electron chi connectivity index (χ1n) is 11.2. The Hall–Kier alpha value is -2.16. The Morgan fingerprint density at radius 1 is 1.16 bits per heavy atom. The van der Waals surface area contributed by atoms with E-state index in [0.717, 1.165) is 54.2 Å². The second-order valence-corrected chi connectivity index (χ2v) is 9.91. The number of rotatable bonds is 5. The molecule has 5 heterocycles. The third kappa shape index (κ3) is 3.92. The number of hydrogen-bond acceptors (Lipinski definition) is 6. The zero-order valence-electron chi connectivity index (χ0n) is 17.4. The third-order valence-electron chi connectivity index (χ3n) is 6.79. The number of halogens is 1. The highest BCUT2D eigenvalue weighted by Gasteiger charge is 2.36. The van der Waals surface area contributed by atoms with Crippen molar-refractivity contribution < 1.29 is 5.11 Å². The summed E-state index contributed by atoms with van der Waals surface area (Å²) < 4.78 is 3.04. The minimum Gasteiger partial charge on any atom is -0.392 e. The molecule has 3 aliphatic rings. The molecule has 0 bridgehead atoms. The molecule has 3 aromatic heterocycles. The third-order valence-corrected chi connectivity index (χ3v) is 7.22. The zero-order chi connectivity index (χ0) is 20.9. The van der Waals surface area contributed by atoms with Gasteiger partial charge >= 0.3 is 0 Å². The molecule has 2 N–H and O–H groups in total. The van der Waals surface area contributed by atoms with E-state index in [4.69, 9.17) is 4.98 Å². The highest BCUT2D eigenvalue weighted by molar-refractivity contribution is 9.10. The van der Waals surface area contributed by atoms with Crippen LogP contribution in [0.4, 0.5) is 11.4 Å². The Labute approximate surface area is 190 Å². The molecule has 7 nitrogen and oxygen atoms in total. The van der Waals surface area contributed by atoms with Gasteiger partial charge in [0, 0.05) is 56.5 Å². The van der Waals surface area contributed by atoms with E-state index in [0.29, 0.717) is 18.5 Å². The first-order chi connectivity index (χ1) is 15.1. The van der Waals surface area contributed by atoms with Gasteiger partial charge in [-0.1, -0.05) is 0 Å². The van der Waals surface area contributed by atoms with Crippen LogP contribution in [-0.4, -0.2) is 62.7 Å². The van der Waals surface area contributed by atoms with Crippen LogP contribution in [0.3, 0.4) is 0 Å². The van der Waals surface area contributed by atoms with E-state index in [1.54, 1.807) is 6.20 Å². The predicted octanol–water partition coefficient (Wildman–Crippen LogP) is 3.24. The lowest BCUT2D eigenvalue weighted by atomic mass is 10.1. The van der Waals surface area contributed by atoms with Crippen LogP contribution in [0.15, 0.2) is 41.4 Å². The minimum absolute atomic E-state index is 0.180. The standard InChI is InChI=1S/C23H27BrN6O/c24-22-8-17(3-4-25-22)26-10-18-12-30-11-16(15-1-2-15)7-21(23(30)27-18)29-6-5-28-14-20(31)9-19(28)13-29/h3-4,7-8,11-12,15,19-20,31H,1-2,5-6,9-10,13-14H2,(H,25,26). The Morgan fingerprint density at radius 3 is 2.90 bits per heavy atom. The summed E-state index contributed by atoms with van der Waals surface area (Å²) in [5, 5.41) is 13.5. The number of nitrogens with one attached hydrogen (secondary N) is 1. The zero-order valence-corrected chi connectivity index (χ0v) is 19.0. The fraction of sp³-hybridized carbons (Fsp3) is 0.478. The van der Waals surface area contributed by atoms with Crippen LogP contribution in [0.1, 0.15) is 36.4 Å². The first kappa shape index (κ1) is 19.5. The van der Waals surface area contributed by atoms with Crippen molar-refractivity contribution in [3.8, 4) is 0 Å². The summed E-state index contributed by atoms with van der Waals surface area (Å²) >= 11 is 3.43. The van der Waals surface area contributed by atoms with Gasteiger partial charge in [0.2, 0.25) is 0 Å². The second kappa shape index (κ2) is 7.76. The number of hydrogen-bond donors (Lipinski definition) is 2. The van der Waals surface area contributed by atoms with Gasteiger partial charge in [0.05, 0.1) is 24.0 Å². The van der Waals surface area contributed by atoms with Crippen LogP contribution in [0.2, 0.25) is 0 Å². The number of pyridine rings is 2. The van der Waals surface area contributed by atoms with E-state index in [9.17, 15) is 5.11 Å². The van der Waals surface area contributed by atoms with E-state index >= 15 is 0 Å². The molecular weight excluding hydrogens is 456 g/mol. The maximum absolute atomic E-state index is 10.1. The van der Waals surface area contributed by atoms with Crippen LogP contribution in [0.5, 0.6) is 0 Å². The summed E-state index contributed by atoms with van der Waals surface area (Å²) in [4.78, 5) is 14.1. The normalized spacial score (nSPS) is 24.0. The van der Waals surface area contributed by atoms with Crippen LogP contribution in [0, 0.1) is 0 Å². The lowest BCUT2D eigenvalue weighted by Gasteiger charge is -2.38. The Balaban J connectivity index is 1.30. The molecule has 2 atom stereocenters. The molecule has 6 rings (SSSR count). The Bertz CT molecular complexity index is 1110. The molecule has 2 aliphatic heterocycles. The maximum atomic E-state index is 10.1. The van der Waals surface area contributed by atoms with Gasteiger partial charge in [-0.15, -0.1) is 0 Å². The summed E-state index contributed by atoms with van der Waals surface area (Å²) in [6.07, 6.45) is 9.48. The van der Waals surface area contributed by atoms with Crippen molar-refractivity contribution in [3.63, 3.8) is 0 Å². The Morgan fingerprint density at radius 2 is 2.06 bits per heavy atom. The number of aliphatic hydroxyl groups is 1. The molecule has 0 radical (unpaired) electrons. The van der Waals surface area contributed by atoms with Crippen molar-refractivity contribution >= 4 is 33.0 Å². The van der Waals surface area contributed by atoms with Crippen molar-refractivity contribution in [2.24, 2.45) is 0 Å². The topological polar surface area (TPSA) is 68.9 Å². The molecule has 2 unspecified atom stereocenters. The quantitative estimate of drug-likeness (QED) is 0.544. The highest BCUT2D eigenvalue weighted by atomic mass is 79.9. The Kier molecular flexibility index (Phi) is 4.89. The monoisotopic (exact) mass is 482 g/mol. The summed E-state index contributed by atoms with van der Waals surface area (Å²) in [6.45, 7) is 4.44. The van der Waals surface area contributed by atoms with Gasteiger partial charge < -0.3 is 19.7 Å². The van der Waals surface area contributed by atoms with Crippen molar-refractivity contribution in [3.05, 3.63) is 52.7 Å². The molecule has 2 saturated heterocycles. The van der Waals surface area contributed by atoms with Crippen molar-refractivity contribution in [1.29, 1.82) is 0 Å². The van der Waals surface area contributed by atoms with Gasteiger partial charge in [-0.05, 0) is 64.9 Å². The van der Waals surface area contributed by atoms with Gasteiger partial charge in [0.15, 0.2) is 5.65 Å². The van der Waals surface area contributed by atoms with E-state index in [1.807, 2.05) is 12.1 Å². The fourth-order valence-electron chi connectivity index (χ4n) is 5.05. The van der Waals surface area contributed by atoms with E-state index < -0.39 is 0 Å². The lowest BCUT2D eigenvalue weighted by molar-refractivity contribution is 0.173. The van der Waals surface area contributed by atoms with E-state index in [-0.39, 0.29) is 6.10 Å². The number of imidazole rings is 1. The average molecular weight is 483 g/mol. The number of fused-ring (bicyclic) bond motifs is 2. The van der Waals surface area contributed by atoms with Crippen LogP contribution in [0.25, 0.3) is 5.65 Å². The predicted molar refractivity (Wildman–Crippen MR) is 125 cm³/mol. The van der Waals surface area contributed by atoms with Crippen molar-refractivity contribution in [2.45, 2.75) is 43.9 Å².